The molecule has 0 spiro atoms. The number of hydrogen-bond donors (Lipinski definition) is 0. The second-order valence-corrected chi connectivity index (χ2v) is 5.76. The number of nitrogens with zero attached hydrogens (tertiary/aromatic N) is 3. The van der Waals surface area contributed by atoms with E-state index in [1.54, 1.807) is 24.4 Å². The Morgan fingerprint density at radius 1 is 1.22 bits per heavy atom. The number of hydrogen-bond acceptors (Lipinski definition) is 3. The monoisotopic (exact) mass is 325 g/mol. The smallest absolute Gasteiger partial charge is 0.261 e. The van der Waals surface area contributed by atoms with Crippen LogP contribution < -0.4 is 5.01 Å². The molecule has 2 aromatic carbocycles. The number of anilines is 1. The Morgan fingerprint density at radius 3 is 2.74 bits per heavy atom. The van der Waals surface area contributed by atoms with Crippen LogP contribution in [-0.4, -0.2) is 17.8 Å². The molecule has 0 aromatic heterocycles. The summed E-state index contributed by atoms with van der Waals surface area (Å²) in [6, 6.07) is 17.0. The first-order chi connectivity index (χ1) is 11.1. The predicted molar refractivity (Wildman–Crippen MR) is 94.2 cm³/mol. The van der Waals surface area contributed by atoms with Crippen LogP contribution in [0.5, 0.6) is 0 Å². The molecule has 3 rings (SSSR count). The van der Waals surface area contributed by atoms with Gasteiger partial charge in [0, 0.05) is 11.2 Å². The summed E-state index contributed by atoms with van der Waals surface area (Å²) in [5.74, 6) is -0.528. The molecule has 4 nitrogen and oxygen atoms in total. The van der Waals surface area contributed by atoms with Crippen molar-refractivity contribution >= 4 is 35.1 Å². The summed E-state index contributed by atoms with van der Waals surface area (Å²) in [6.07, 6.45) is 1.68. The number of carbonyl (C=O) groups excluding carboxylic acids is 1. The van der Waals surface area contributed by atoms with Crippen LogP contribution in [0, 0.1) is 5.92 Å². The van der Waals surface area contributed by atoms with Gasteiger partial charge in [-0.1, -0.05) is 48.0 Å². The topological polar surface area (TPSA) is 45.0 Å². The predicted octanol–water partition coefficient (Wildman–Crippen LogP) is 3.95. The third-order valence-electron chi connectivity index (χ3n) is 3.61. The molecule has 0 saturated heterocycles. The average molecular weight is 326 g/mol. The molecule has 5 heteroatoms. The van der Waals surface area contributed by atoms with Crippen LogP contribution in [0.25, 0.3) is 0 Å². The van der Waals surface area contributed by atoms with Gasteiger partial charge in [0.2, 0.25) is 0 Å². The molecular weight excluding hydrogens is 310 g/mol. The highest BCUT2D eigenvalue weighted by atomic mass is 35.5. The van der Waals surface area contributed by atoms with Gasteiger partial charge < -0.3 is 0 Å². The van der Waals surface area contributed by atoms with Gasteiger partial charge in [-0.15, -0.1) is 0 Å². The van der Waals surface area contributed by atoms with Gasteiger partial charge in [0.15, 0.2) is 0 Å². The molecule has 0 saturated carbocycles. The normalized spacial score (nSPS) is 17.8. The van der Waals surface area contributed by atoms with Crippen LogP contribution in [0.2, 0.25) is 5.02 Å². The minimum atomic E-state index is -0.419. The van der Waals surface area contributed by atoms with E-state index in [1.807, 2.05) is 43.3 Å². The number of aliphatic imine (C=N–C) groups is 1. The molecular formula is C18H16ClN3O. The van der Waals surface area contributed by atoms with Crippen LogP contribution in [0.3, 0.4) is 0 Å². The number of rotatable bonds is 4. The minimum Gasteiger partial charge on any atom is -0.292 e. The van der Waals surface area contributed by atoms with E-state index in [9.17, 15) is 4.79 Å². The minimum absolute atomic E-state index is 0.110. The lowest BCUT2D eigenvalue weighted by atomic mass is 10.1. The highest BCUT2D eigenvalue weighted by molar-refractivity contribution is 6.31. The summed E-state index contributed by atoms with van der Waals surface area (Å²) in [5.41, 5.74) is 2.50. The van der Waals surface area contributed by atoms with E-state index < -0.39 is 5.92 Å². The van der Waals surface area contributed by atoms with E-state index in [-0.39, 0.29) is 5.91 Å². The van der Waals surface area contributed by atoms with Crippen LogP contribution >= 0.6 is 11.6 Å². The lowest BCUT2D eigenvalue weighted by Gasteiger charge is -2.12. The van der Waals surface area contributed by atoms with Crippen molar-refractivity contribution in [1.29, 1.82) is 0 Å². The highest BCUT2D eigenvalue weighted by Crippen LogP contribution is 2.25. The maximum atomic E-state index is 12.5. The Bertz CT molecular complexity index is 771. The van der Waals surface area contributed by atoms with E-state index in [2.05, 4.69) is 10.1 Å². The largest absolute Gasteiger partial charge is 0.292 e. The second kappa shape index (κ2) is 6.75. The van der Waals surface area contributed by atoms with E-state index in [0.717, 1.165) is 11.3 Å². The Hall–Kier alpha value is -2.46. The molecule has 0 aliphatic carbocycles. The number of halogens is 1. The summed E-state index contributed by atoms with van der Waals surface area (Å²) in [4.78, 5) is 16.9. The Morgan fingerprint density at radius 2 is 2.00 bits per heavy atom. The standard InChI is InChI=1S/C18H16ClN3O/c1-13-17(12-20-11-14-6-3-2-4-7-14)18(23)22(21-13)16-9-5-8-15(19)10-16/h2-10,12,17H,11H2,1H3/t17-/m1/s1. The quantitative estimate of drug-likeness (QED) is 0.785. The zero-order chi connectivity index (χ0) is 16.2. The summed E-state index contributed by atoms with van der Waals surface area (Å²) < 4.78 is 0. The molecule has 0 N–H and O–H groups in total. The molecule has 1 aliphatic rings. The van der Waals surface area contributed by atoms with Crippen molar-refractivity contribution in [1.82, 2.24) is 0 Å². The van der Waals surface area contributed by atoms with Gasteiger partial charge in [-0.3, -0.25) is 9.79 Å². The fourth-order valence-corrected chi connectivity index (χ4v) is 2.58. The SMILES string of the molecule is CC1=NN(c2cccc(Cl)c2)C(=O)[C@@H]1C=NCc1ccccc1. The van der Waals surface area contributed by atoms with Gasteiger partial charge in [0.1, 0.15) is 5.92 Å². The van der Waals surface area contributed by atoms with E-state index in [0.29, 0.717) is 17.3 Å². The van der Waals surface area contributed by atoms with Crippen LogP contribution in [0.4, 0.5) is 5.69 Å². The Kier molecular flexibility index (Phi) is 4.53. The first kappa shape index (κ1) is 15.4. The molecule has 1 heterocycles. The summed E-state index contributed by atoms with van der Waals surface area (Å²) in [6.45, 7) is 2.39. The third-order valence-corrected chi connectivity index (χ3v) is 3.84. The second-order valence-electron chi connectivity index (χ2n) is 5.32. The van der Waals surface area contributed by atoms with Crippen LogP contribution in [0.15, 0.2) is 64.7 Å². The highest BCUT2D eigenvalue weighted by Gasteiger charge is 2.33. The molecule has 1 aliphatic heterocycles. The summed E-state index contributed by atoms with van der Waals surface area (Å²) in [7, 11) is 0. The molecule has 0 radical (unpaired) electrons. The first-order valence-corrected chi connectivity index (χ1v) is 7.71. The van der Waals surface area contributed by atoms with E-state index in [1.165, 1.54) is 5.01 Å². The van der Waals surface area contributed by atoms with E-state index in [4.69, 9.17) is 11.6 Å². The number of amides is 1. The zero-order valence-electron chi connectivity index (χ0n) is 12.7. The van der Waals surface area contributed by atoms with Crippen molar-refractivity contribution in [3.8, 4) is 0 Å². The molecule has 2 aromatic rings. The number of carbonyl (C=O) groups is 1. The number of hydrazone groups is 1. The van der Waals surface area contributed by atoms with Crippen molar-refractivity contribution < 1.29 is 4.79 Å². The lowest BCUT2D eigenvalue weighted by molar-refractivity contribution is -0.118. The average Bonchev–Trinajstić information content (AvgIpc) is 2.84. The first-order valence-electron chi connectivity index (χ1n) is 7.33. The van der Waals surface area contributed by atoms with Crippen molar-refractivity contribution in [3.05, 3.63) is 65.2 Å². The molecule has 1 atom stereocenters. The maximum Gasteiger partial charge on any atom is 0.261 e. The van der Waals surface area contributed by atoms with Gasteiger partial charge in [-0.25, -0.2) is 0 Å². The van der Waals surface area contributed by atoms with Crippen molar-refractivity contribution in [3.63, 3.8) is 0 Å². The molecule has 0 fully saturated rings. The Labute approximate surface area is 140 Å². The fourth-order valence-electron chi connectivity index (χ4n) is 2.39. The lowest BCUT2D eigenvalue weighted by Crippen LogP contribution is -2.27. The van der Waals surface area contributed by atoms with Crippen LogP contribution in [-0.2, 0) is 11.3 Å². The van der Waals surface area contributed by atoms with Crippen molar-refractivity contribution in [2.24, 2.45) is 16.0 Å². The van der Waals surface area contributed by atoms with Crippen molar-refractivity contribution in [2.75, 3.05) is 5.01 Å². The summed E-state index contributed by atoms with van der Waals surface area (Å²) in [5, 5.41) is 6.30. The van der Waals surface area contributed by atoms with E-state index >= 15 is 0 Å². The van der Waals surface area contributed by atoms with Gasteiger partial charge in [0.25, 0.3) is 5.91 Å². The molecule has 23 heavy (non-hydrogen) atoms. The molecule has 0 unspecified atom stereocenters. The van der Waals surface area contributed by atoms with Crippen LogP contribution in [0.1, 0.15) is 12.5 Å². The van der Waals surface area contributed by atoms with Gasteiger partial charge in [-0.2, -0.15) is 10.1 Å². The number of benzene rings is 2. The zero-order valence-corrected chi connectivity index (χ0v) is 13.4. The molecule has 0 bridgehead atoms. The van der Waals surface area contributed by atoms with Crippen molar-refractivity contribution in [2.45, 2.75) is 13.5 Å². The Balaban J connectivity index is 1.73. The third kappa shape index (κ3) is 3.48. The molecule has 116 valence electrons. The molecule has 1 amide bonds. The van der Waals surface area contributed by atoms with Gasteiger partial charge in [-0.05, 0) is 30.7 Å². The summed E-state index contributed by atoms with van der Waals surface area (Å²) >= 11 is 5.98. The van der Waals surface area contributed by atoms with Gasteiger partial charge in [0.05, 0.1) is 17.9 Å². The van der Waals surface area contributed by atoms with Gasteiger partial charge >= 0.3 is 0 Å². The maximum absolute atomic E-state index is 12.5. The fraction of sp³-hybridized carbons (Fsp3) is 0.167.